The highest BCUT2D eigenvalue weighted by molar-refractivity contribution is 6.15. The van der Waals surface area contributed by atoms with E-state index >= 15 is 0 Å². The summed E-state index contributed by atoms with van der Waals surface area (Å²) in [5.41, 5.74) is 3.35. The Hall–Kier alpha value is -5.37. The molecular formula is C31H25N3O5. The number of benzene rings is 4. The van der Waals surface area contributed by atoms with Crippen LogP contribution in [0.15, 0.2) is 103 Å². The molecule has 0 aliphatic carbocycles. The molecule has 0 aliphatic heterocycles. The predicted molar refractivity (Wildman–Crippen MR) is 151 cm³/mol. The fourth-order valence-corrected chi connectivity index (χ4v) is 3.89. The molecule has 8 nitrogen and oxygen atoms in total. The van der Waals surface area contributed by atoms with Crippen molar-refractivity contribution >= 4 is 40.7 Å². The maximum absolute atomic E-state index is 13.4. The van der Waals surface area contributed by atoms with Crippen LogP contribution in [0.25, 0.3) is 6.08 Å². The minimum atomic E-state index is -0.539. The van der Waals surface area contributed by atoms with E-state index in [9.17, 15) is 24.5 Å². The Morgan fingerprint density at radius 1 is 0.846 bits per heavy atom. The minimum absolute atomic E-state index is 0.122. The van der Waals surface area contributed by atoms with Gasteiger partial charge in [-0.15, -0.1) is 0 Å². The third-order valence-electron chi connectivity index (χ3n) is 5.87. The normalized spacial score (nSPS) is 10.7. The number of para-hydroxylation sites is 1. The van der Waals surface area contributed by atoms with E-state index in [1.54, 1.807) is 54.6 Å². The van der Waals surface area contributed by atoms with Gasteiger partial charge < -0.3 is 10.6 Å². The number of aryl methyl sites for hydroxylation is 1. The summed E-state index contributed by atoms with van der Waals surface area (Å²) in [5, 5.41) is 16.7. The van der Waals surface area contributed by atoms with Crippen molar-refractivity contribution in [3.8, 4) is 0 Å². The second-order valence-corrected chi connectivity index (χ2v) is 8.80. The molecule has 0 bridgehead atoms. The average molecular weight is 520 g/mol. The molecule has 0 saturated carbocycles. The van der Waals surface area contributed by atoms with E-state index in [4.69, 9.17) is 0 Å². The highest BCUT2D eigenvalue weighted by Crippen LogP contribution is 2.25. The van der Waals surface area contributed by atoms with Gasteiger partial charge in [0, 0.05) is 29.0 Å². The second kappa shape index (κ2) is 12.2. The van der Waals surface area contributed by atoms with E-state index in [1.807, 2.05) is 31.2 Å². The smallest absolute Gasteiger partial charge is 0.276 e. The molecule has 0 unspecified atom stereocenters. The van der Waals surface area contributed by atoms with Gasteiger partial charge in [-0.1, -0.05) is 72.3 Å². The van der Waals surface area contributed by atoms with Gasteiger partial charge in [-0.2, -0.15) is 0 Å². The maximum atomic E-state index is 13.4. The molecule has 8 heteroatoms. The fraction of sp³-hybridized carbons (Fsp3) is 0.0645. The number of carbonyl (C=O) groups excluding carboxylic acids is 3. The van der Waals surface area contributed by atoms with Crippen molar-refractivity contribution in [1.29, 1.82) is 0 Å². The Bertz CT molecular complexity index is 1560. The number of ketones is 1. The Morgan fingerprint density at radius 3 is 2.26 bits per heavy atom. The molecule has 4 aromatic rings. The van der Waals surface area contributed by atoms with Crippen LogP contribution < -0.4 is 10.6 Å². The van der Waals surface area contributed by atoms with Crippen molar-refractivity contribution < 1.29 is 19.3 Å². The molecule has 0 spiro atoms. The largest absolute Gasteiger partial charge is 0.325 e. The van der Waals surface area contributed by atoms with E-state index in [0.717, 1.165) is 11.1 Å². The summed E-state index contributed by atoms with van der Waals surface area (Å²) in [6.07, 6.45) is 2.66. The molecule has 0 saturated heterocycles. The minimum Gasteiger partial charge on any atom is -0.325 e. The van der Waals surface area contributed by atoms with Crippen LogP contribution in [0.1, 0.15) is 32.6 Å². The highest BCUT2D eigenvalue weighted by Gasteiger charge is 2.17. The lowest BCUT2D eigenvalue weighted by molar-refractivity contribution is -0.385. The summed E-state index contributed by atoms with van der Waals surface area (Å²) in [5.74, 6) is -1.15. The number of nitro benzene ring substituents is 1. The summed E-state index contributed by atoms with van der Waals surface area (Å²) in [4.78, 5) is 49.4. The molecule has 4 aromatic carbocycles. The number of anilines is 2. The summed E-state index contributed by atoms with van der Waals surface area (Å²) in [7, 11) is 0. The summed E-state index contributed by atoms with van der Waals surface area (Å²) >= 11 is 0. The zero-order chi connectivity index (χ0) is 27.8. The van der Waals surface area contributed by atoms with Crippen LogP contribution in [-0.2, 0) is 16.0 Å². The summed E-state index contributed by atoms with van der Waals surface area (Å²) in [6, 6.07) is 26.9. The van der Waals surface area contributed by atoms with E-state index < -0.39 is 10.8 Å². The molecule has 0 fully saturated rings. The van der Waals surface area contributed by atoms with E-state index in [0.29, 0.717) is 16.9 Å². The number of amides is 2. The van der Waals surface area contributed by atoms with Crippen LogP contribution in [0.2, 0.25) is 0 Å². The molecule has 0 aromatic heterocycles. The molecule has 0 atom stereocenters. The SMILES string of the molecule is Cc1ccc(CC(=O)Nc2ccc(NC(=O)/C=C/c3ccccc3[N+](=O)[O-])cc2C(=O)c2ccccc2)cc1. The molecule has 2 N–H and O–H groups in total. The fourth-order valence-electron chi connectivity index (χ4n) is 3.89. The van der Waals surface area contributed by atoms with Crippen molar-refractivity contribution in [2.24, 2.45) is 0 Å². The third kappa shape index (κ3) is 7.11. The molecule has 2 amide bonds. The van der Waals surface area contributed by atoms with Crippen molar-refractivity contribution in [3.05, 3.63) is 141 Å². The molecule has 0 aliphatic rings. The predicted octanol–water partition coefficient (Wildman–Crippen LogP) is 5.97. The second-order valence-electron chi connectivity index (χ2n) is 8.80. The maximum Gasteiger partial charge on any atom is 0.276 e. The number of nitro groups is 1. The van der Waals surface area contributed by atoms with Gasteiger partial charge in [-0.3, -0.25) is 24.5 Å². The zero-order valence-corrected chi connectivity index (χ0v) is 21.1. The first-order chi connectivity index (χ1) is 18.8. The number of nitrogens with one attached hydrogen (secondary N) is 2. The van der Waals surface area contributed by atoms with Gasteiger partial charge in [0.05, 0.1) is 22.6 Å². The van der Waals surface area contributed by atoms with Gasteiger partial charge >= 0.3 is 0 Å². The van der Waals surface area contributed by atoms with E-state index in [1.165, 1.54) is 30.4 Å². The molecule has 194 valence electrons. The van der Waals surface area contributed by atoms with Crippen LogP contribution in [0.5, 0.6) is 0 Å². The number of hydrogen-bond donors (Lipinski definition) is 2. The Labute approximate surface area is 225 Å². The topological polar surface area (TPSA) is 118 Å². The first-order valence-corrected chi connectivity index (χ1v) is 12.1. The molecule has 0 radical (unpaired) electrons. The Balaban J connectivity index is 1.56. The van der Waals surface area contributed by atoms with Crippen molar-refractivity contribution in [2.75, 3.05) is 10.6 Å². The Kier molecular flexibility index (Phi) is 8.38. The monoisotopic (exact) mass is 519 g/mol. The standard InChI is InChI=1S/C31H25N3O5/c1-21-11-13-22(14-12-21)19-30(36)33-27-17-16-25(20-26(27)31(37)24-8-3-2-4-9-24)32-29(35)18-15-23-7-5-6-10-28(23)34(38)39/h2-18,20H,19H2,1H3,(H,32,35)(H,33,36)/b18-15+. The summed E-state index contributed by atoms with van der Waals surface area (Å²) in [6.45, 7) is 1.97. The lowest BCUT2D eigenvalue weighted by Gasteiger charge is -2.13. The van der Waals surface area contributed by atoms with Crippen LogP contribution in [0.4, 0.5) is 17.1 Å². The van der Waals surface area contributed by atoms with Gasteiger partial charge in [-0.25, -0.2) is 0 Å². The number of rotatable bonds is 9. The first kappa shape index (κ1) is 26.7. The zero-order valence-electron chi connectivity index (χ0n) is 21.1. The van der Waals surface area contributed by atoms with Gasteiger partial charge in [0.1, 0.15) is 0 Å². The van der Waals surface area contributed by atoms with Crippen LogP contribution in [-0.4, -0.2) is 22.5 Å². The van der Waals surface area contributed by atoms with Gasteiger partial charge in [0.2, 0.25) is 11.8 Å². The van der Waals surface area contributed by atoms with Crippen LogP contribution in [0.3, 0.4) is 0 Å². The lowest BCUT2D eigenvalue weighted by Crippen LogP contribution is -2.18. The number of carbonyl (C=O) groups is 3. The van der Waals surface area contributed by atoms with Crippen LogP contribution >= 0.6 is 0 Å². The quantitative estimate of drug-likeness (QED) is 0.122. The van der Waals surface area contributed by atoms with Crippen molar-refractivity contribution in [2.45, 2.75) is 13.3 Å². The van der Waals surface area contributed by atoms with Gasteiger partial charge in [-0.05, 0) is 42.8 Å². The average Bonchev–Trinajstić information content (AvgIpc) is 2.94. The van der Waals surface area contributed by atoms with E-state index in [2.05, 4.69) is 10.6 Å². The van der Waals surface area contributed by atoms with Crippen molar-refractivity contribution in [3.63, 3.8) is 0 Å². The highest BCUT2D eigenvalue weighted by atomic mass is 16.6. The van der Waals surface area contributed by atoms with Gasteiger partial charge in [0.25, 0.3) is 5.69 Å². The first-order valence-electron chi connectivity index (χ1n) is 12.1. The number of hydrogen-bond acceptors (Lipinski definition) is 5. The van der Waals surface area contributed by atoms with Crippen LogP contribution in [0, 0.1) is 17.0 Å². The lowest BCUT2D eigenvalue weighted by atomic mass is 10.0. The molecule has 39 heavy (non-hydrogen) atoms. The van der Waals surface area contributed by atoms with Crippen molar-refractivity contribution in [1.82, 2.24) is 0 Å². The van der Waals surface area contributed by atoms with E-state index in [-0.39, 0.29) is 34.9 Å². The molecular weight excluding hydrogens is 494 g/mol. The third-order valence-corrected chi connectivity index (χ3v) is 5.87. The van der Waals surface area contributed by atoms with Gasteiger partial charge in [0.15, 0.2) is 5.78 Å². The molecule has 4 rings (SSSR count). The Morgan fingerprint density at radius 2 is 1.54 bits per heavy atom. The summed E-state index contributed by atoms with van der Waals surface area (Å²) < 4.78 is 0. The molecule has 0 heterocycles. The number of nitrogens with zero attached hydrogens (tertiary/aromatic N) is 1.